The molecule has 1 saturated carbocycles. The Bertz CT molecular complexity index is 618. The molecular formula is C16H24N6S. The molecule has 0 spiro atoms. The highest BCUT2D eigenvalue weighted by atomic mass is 32.1. The Morgan fingerprint density at radius 1 is 1.09 bits per heavy atom. The van der Waals surface area contributed by atoms with Gasteiger partial charge in [0.1, 0.15) is 0 Å². The van der Waals surface area contributed by atoms with Crippen LogP contribution in [-0.2, 0) is 0 Å². The number of aromatic nitrogens is 3. The third-order valence-corrected chi connectivity index (χ3v) is 6.27. The first-order valence-corrected chi connectivity index (χ1v) is 9.43. The smallest absolute Gasteiger partial charge is 0.191 e. The lowest BCUT2D eigenvalue weighted by Crippen LogP contribution is -2.54. The summed E-state index contributed by atoms with van der Waals surface area (Å²) in [5, 5.41) is 1.06. The van der Waals surface area contributed by atoms with Crippen LogP contribution in [0, 0.1) is 5.92 Å². The van der Waals surface area contributed by atoms with E-state index in [4.69, 9.17) is 5.73 Å². The lowest BCUT2D eigenvalue weighted by molar-refractivity contribution is 0.101. The van der Waals surface area contributed by atoms with Gasteiger partial charge in [-0.15, -0.1) is 0 Å². The highest BCUT2D eigenvalue weighted by Gasteiger charge is 2.31. The molecule has 1 aliphatic carbocycles. The number of hydrogen-bond acceptors (Lipinski definition) is 7. The predicted octanol–water partition coefficient (Wildman–Crippen LogP) is 1.73. The van der Waals surface area contributed by atoms with Gasteiger partial charge in [-0.05, 0) is 25.3 Å². The number of hydrogen-bond donors (Lipinski definition) is 1. The van der Waals surface area contributed by atoms with Crippen LogP contribution in [0.2, 0.25) is 0 Å². The predicted molar refractivity (Wildman–Crippen MR) is 93.8 cm³/mol. The van der Waals surface area contributed by atoms with E-state index in [0.717, 1.165) is 48.3 Å². The Hall–Kier alpha value is -1.31. The summed E-state index contributed by atoms with van der Waals surface area (Å²) in [5.74, 6) is 0.686. The molecular weight excluding hydrogens is 308 g/mol. The number of piperazine rings is 1. The highest BCUT2D eigenvalue weighted by Crippen LogP contribution is 2.30. The zero-order valence-electron chi connectivity index (χ0n) is 13.4. The lowest BCUT2D eigenvalue weighted by Gasteiger charge is -2.44. The Morgan fingerprint density at radius 3 is 2.65 bits per heavy atom. The maximum absolute atomic E-state index is 6.00. The van der Waals surface area contributed by atoms with Crippen LogP contribution < -0.4 is 10.6 Å². The Balaban J connectivity index is 1.42. The molecule has 2 aromatic heterocycles. The summed E-state index contributed by atoms with van der Waals surface area (Å²) < 4.78 is 0. The van der Waals surface area contributed by atoms with E-state index in [1.54, 1.807) is 23.7 Å². The van der Waals surface area contributed by atoms with Crippen molar-refractivity contribution in [2.24, 2.45) is 11.7 Å². The molecule has 124 valence electrons. The summed E-state index contributed by atoms with van der Waals surface area (Å²) >= 11 is 1.65. The first-order valence-electron chi connectivity index (χ1n) is 8.62. The van der Waals surface area contributed by atoms with Crippen molar-refractivity contribution in [1.82, 2.24) is 19.9 Å². The molecule has 0 bridgehead atoms. The summed E-state index contributed by atoms with van der Waals surface area (Å²) in [5.41, 5.74) is 6.77. The third kappa shape index (κ3) is 3.05. The van der Waals surface area contributed by atoms with Crippen molar-refractivity contribution in [2.45, 2.75) is 31.7 Å². The van der Waals surface area contributed by atoms with E-state index in [0.29, 0.717) is 12.0 Å². The van der Waals surface area contributed by atoms with E-state index in [1.807, 2.05) is 0 Å². The topological polar surface area (TPSA) is 71.2 Å². The Kier molecular flexibility index (Phi) is 4.41. The van der Waals surface area contributed by atoms with Crippen LogP contribution in [0.25, 0.3) is 10.5 Å². The molecule has 7 heteroatoms. The molecule has 0 aromatic carbocycles. The molecule has 2 aromatic rings. The lowest BCUT2D eigenvalue weighted by atomic mass is 9.83. The van der Waals surface area contributed by atoms with Gasteiger partial charge in [-0.2, -0.15) is 4.98 Å². The fraction of sp³-hybridized carbons (Fsp3) is 0.688. The van der Waals surface area contributed by atoms with Crippen molar-refractivity contribution in [1.29, 1.82) is 0 Å². The van der Waals surface area contributed by atoms with E-state index in [2.05, 4.69) is 24.8 Å². The fourth-order valence-corrected chi connectivity index (χ4v) is 4.91. The van der Waals surface area contributed by atoms with Crippen LogP contribution in [0.15, 0.2) is 12.4 Å². The second-order valence-corrected chi connectivity index (χ2v) is 7.51. The minimum atomic E-state index is 0.686. The van der Waals surface area contributed by atoms with E-state index >= 15 is 0 Å². The second kappa shape index (κ2) is 6.67. The standard InChI is InChI=1S/C16H24N6S/c17-11-12-3-1-2-4-13(12)21-7-9-22(10-8-21)16-20-14-15(23-16)19-6-5-18-14/h5-6,12-13H,1-4,7-11,17H2/t12-,13+/m0/s1. The third-order valence-electron chi connectivity index (χ3n) is 5.26. The number of nitrogens with two attached hydrogens (primary N) is 1. The van der Waals surface area contributed by atoms with Gasteiger partial charge in [0, 0.05) is 44.6 Å². The summed E-state index contributed by atoms with van der Waals surface area (Å²) in [6, 6.07) is 0.689. The Morgan fingerprint density at radius 2 is 1.87 bits per heavy atom. The summed E-state index contributed by atoms with van der Waals surface area (Å²) in [7, 11) is 0. The van der Waals surface area contributed by atoms with Gasteiger partial charge in [-0.25, -0.2) is 9.97 Å². The fourth-order valence-electron chi connectivity index (χ4n) is 3.99. The van der Waals surface area contributed by atoms with Gasteiger partial charge in [-0.1, -0.05) is 24.2 Å². The van der Waals surface area contributed by atoms with Gasteiger partial charge in [0.25, 0.3) is 0 Å². The zero-order valence-corrected chi connectivity index (χ0v) is 14.2. The first-order chi connectivity index (χ1) is 11.3. The largest absolute Gasteiger partial charge is 0.345 e. The van der Waals surface area contributed by atoms with Gasteiger partial charge < -0.3 is 10.6 Å². The highest BCUT2D eigenvalue weighted by molar-refractivity contribution is 7.21. The van der Waals surface area contributed by atoms with E-state index < -0.39 is 0 Å². The first kappa shape index (κ1) is 15.2. The van der Waals surface area contributed by atoms with Gasteiger partial charge in [0.15, 0.2) is 15.6 Å². The number of anilines is 1. The van der Waals surface area contributed by atoms with Crippen LogP contribution in [0.4, 0.5) is 5.13 Å². The molecule has 2 fully saturated rings. The minimum absolute atomic E-state index is 0.686. The molecule has 3 heterocycles. The van der Waals surface area contributed by atoms with Crippen molar-refractivity contribution in [3.63, 3.8) is 0 Å². The molecule has 0 radical (unpaired) electrons. The average molecular weight is 332 g/mol. The monoisotopic (exact) mass is 332 g/mol. The number of fused-ring (bicyclic) bond motifs is 1. The van der Waals surface area contributed by atoms with Crippen molar-refractivity contribution in [3.8, 4) is 0 Å². The summed E-state index contributed by atoms with van der Waals surface area (Å²) in [6.07, 6.45) is 8.77. The van der Waals surface area contributed by atoms with Gasteiger partial charge in [-0.3, -0.25) is 4.90 Å². The van der Waals surface area contributed by atoms with E-state index in [-0.39, 0.29) is 0 Å². The van der Waals surface area contributed by atoms with Crippen molar-refractivity contribution in [3.05, 3.63) is 12.4 Å². The molecule has 4 rings (SSSR count). The quantitative estimate of drug-likeness (QED) is 0.923. The van der Waals surface area contributed by atoms with Gasteiger partial charge in [0.2, 0.25) is 0 Å². The average Bonchev–Trinajstić information content (AvgIpc) is 3.06. The van der Waals surface area contributed by atoms with E-state index in [1.165, 1.54) is 25.7 Å². The molecule has 6 nitrogen and oxygen atoms in total. The molecule has 0 unspecified atom stereocenters. The Labute approximate surface area is 140 Å². The minimum Gasteiger partial charge on any atom is -0.345 e. The van der Waals surface area contributed by atoms with E-state index in [9.17, 15) is 0 Å². The zero-order chi connectivity index (χ0) is 15.6. The van der Waals surface area contributed by atoms with Gasteiger partial charge in [0.05, 0.1) is 0 Å². The normalized spacial score (nSPS) is 26.7. The van der Waals surface area contributed by atoms with Crippen molar-refractivity contribution < 1.29 is 0 Å². The van der Waals surface area contributed by atoms with Crippen molar-refractivity contribution >= 4 is 26.9 Å². The molecule has 23 heavy (non-hydrogen) atoms. The summed E-state index contributed by atoms with van der Waals surface area (Å²) in [4.78, 5) is 19.3. The number of rotatable bonds is 3. The molecule has 2 atom stereocenters. The van der Waals surface area contributed by atoms with Crippen molar-refractivity contribution in [2.75, 3.05) is 37.6 Å². The maximum Gasteiger partial charge on any atom is 0.191 e. The number of nitrogens with zero attached hydrogens (tertiary/aromatic N) is 5. The van der Waals surface area contributed by atoms with Crippen LogP contribution in [-0.4, -0.2) is 58.6 Å². The van der Waals surface area contributed by atoms with Crippen LogP contribution in [0.5, 0.6) is 0 Å². The molecule has 1 aliphatic heterocycles. The molecule has 1 saturated heterocycles. The maximum atomic E-state index is 6.00. The molecule has 2 aliphatic rings. The number of thiazole rings is 1. The SMILES string of the molecule is NC[C@@H]1CCCC[C@H]1N1CCN(c2nc3nccnc3s2)CC1. The van der Waals surface area contributed by atoms with Crippen LogP contribution >= 0.6 is 11.3 Å². The molecule has 0 amide bonds. The van der Waals surface area contributed by atoms with Gasteiger partial charge >= 0.3 is 0 Å². The van der Waals surface area contributed by atoms with Crippen LogP contribution in [0.3, 0.4) is 0 Å². The molecule has 2 N–H and O–H groups in total. The van der Waals surface area contributed by atoms with Crippen LogP contribution in [0.1, 0.15) is 25.7 Å². The summed E-state index contributed by atoms with van der Waals surface area (Å²) in [6.45, 7) is 5.12. The second-order valence-electron chi connectivity index (χ2n) is 6.55.